The topological polar surface area (TPSA) is 12.0 Å². The van der Waals surface area contributed by atoms with Gasteiger partial charge in [-0.2, -0.15) is 0 Å². The lowest BCUT2D eigenvalue weighted by molar-refractivity contribution is 0.951. The molecule has 1 N–H and O–H groups in total. The van der Waals surface area contributed by atoms with E-state index in [2.05, 4.69) is 24.9 Å². The minimum absolute atomic E-state index is 0.938. The van der Waals surface area contributed by atoms with Crippen LogP contribution in [0.15, 0.2) is 34.7 Å². The van der Waals surface area contributed by atoms with Gasteiger partial charge in [-0.1, -0.05) is 38.3 Å². The quantitative estimate of drug-likeness (QED) is 0.705. The highest BCUT2D eigenvalue weighted by Gasteiger charge is 2.01. The van der Waals surface area contributed by atoms with Crippen LogP contribution in [-0.2, 0) is 0 Å². The fourth-order valence-corrected chi connectivity index (χ4v) is 1.43. The van der Waals surface area contributed by atoms with Crippen molar-refractivity contribution in [2.75, 3.05) is 6.54 Å². The van der Waals surface area contributed by atoms with Gasteiger partial charge in [-0.25, -0.2) is 0 Å². The number of nitrogens with one attached hydrogen (secondary N) is 1. The highest BCUT2D eigenvalue weighted by Crippen LogP contribution is 2.24. The molecule has 0 saturated carbocycles. The first-order valence-electron chi connectivity index (χ1n) is 4.23. The summed E-state index contributed by atoms with van der Waals surface area (Å²) >= 11 is 1.68. The molecule has 0 atom stereocenters. The Bertz CT molecular complexity index is 192. The van der Waals surface area contributed by atoms with E-state index in [1.54, 1.807) is 11.8 Å². The van der Waals surface area contributed by atoms with Crippen LogP contribution in [0.1, 0.15) is 20.8 Å². The minimum atomic E-state index is 0.938. The Morgan fingerprint density at radius 3 is 2.75 bits per heavy atom. The second-order valence-corrected chi connectivity index (χ2v) is 3.10. The molecule has 0 aromatic heterocycles. The van der Waals surface area contributed by atoms with Gasteiger partial charge >= 0.3 is 0 Å². The van der Waals surface area contributed by atoms with Gasteiger partial charge in [0.05, 0.1) is 0 Å². The SMILES string of the molecule is C=CSC1=CCNC=C1C.CC. The van der Waals surface area contributed by atoms with Gasteiger partial charge in [-0.05, 0) is 17.9 Å². The average molecular weight is 183 g/mol. The Hall–Kier alpha value is -0.630. The summed E-state index contributed by atoms with van der Waals surface area (Å²) < 4.78 is 0. The zero-order valence-electron chi connectivity index (χ0n) is 8.05. The molecule has 0 aromatic rings. The van der Waals surface area contributed by atoms with Crippen LogP contribution < -0.4 is 5.32 Å². The number of thioether (sulfide) groups is 1. The first kappa shape index (κ1) is 11.4. The van der Waals surface area contributed by atoms with E-state index in [-0.39, 0.29) is 0 Å². The number of rotatable bonds is 2. The van der Waals surface area contributed by atoms with Crippen LogP contribution in [0.5, 0.6) is 0 Å². The van der Waals surface area contributed by atoms with Gasteiger partial charge in [0.2, 0.25) is 0 Å². The monoisotopic (exact) mass is 183 g/mol. The molecule has 0 spiro atoms. The van der Waals surface area contributed by atoms with Crippen LogP contribution in [-0.4, -0.2) is 6.54 Å². The van der Waals surface area contributed by atoms with E-state index in [0.29, 0.717) is 0 Å². The van der Waals surface area contributed by atoms with E-state index in [1.807, 2.05) is 25.5 Å². The van der Waals surface area contributed by atoms with Gasteiger partial charge in [-0.15, -0.1) is 0 Å². The summed E-state index contributed by atoms with van der Waals surface area (Å²) in [6.45, 7) is 10.7. The molecule has 68 valence electrons. The van der Waals surface area contributed by atoms with Gasteiger partial charge in [0, 0.05) is 17.6 Å². The normalized spacial score (nSPS) is 14.6. The summed E-state index contributed by atoms with van der Waals surface area (Å²) in [4.78, 5) is 1.31. The van der Waals surface area contributed by atoms with Crippen molar-refractivity contribution in [1.82, 2.24) is 5.32 Å². The highest BCUT2D eigenvalue weighted by molar-refractivity contribution is 8.06. The van der Waals surface area contributed by atoms with E-state index in [0.717, 1.165) is 6.54 Å². The lowest BCUT2D eigenvalue weighted by atomic mass is 10.2. The molecule has 0 fully saturated rings. The van der Waals surface area contributed by atoms with E-state index in [1.165, 1.54) is 10.5 Å². The van der Waals surface area contributed by atoms with Gasteiger partial charge in [0.25, 0.3) is 0 Å². The van der Waals surface area contributed by atoms with Gasteiger partial charge in [0.1, 0.15) is 0 Å². The van der Waals surface area contributed by atoms with Crippen LogP contribution in [0, 0.1) is 0 Å². The summed E-state index contributed by atoms with van der Waals surface area (Å²) in [5.74, 6) is 0. The molecule has 0 saturated heterocycles. The molecular weight excluding hydrogens is 166 g/mol. The zero-order chi connectivity index (χ0) is 9.40. The third-order valence-corrected chi connectivity index (χ3v) is 2.23. The number of hydrogen-bond donors (Lipinski definition) is 1. The minimum Gasteiger partial charge on any atom is -0.387 e. The maximum Gasteiger partial charge on any atom is 0.0339 e. The highest BCUT2D eigenvalue weighted by atomic mass is 32.2. The summed E-state index contributed by atoms with van der Waals surface area (Å²) in [7, 11) is 0. The van der Waals surface area contributed by atoms with Gasteiger partial charge < -0.3 is 5.32 Å². The molecule has 0 unspecified atom stereocenters. The third kappa shape index (κ3) is 3.67. The third-order valence-electron chi connectivity index (χ3n) is 1.32. The maximum atomic E-state index is 3.66. The van der Waals surface area contributed by atoms with Crippen LogP contribution in [0.25, 0.3) is 0 Å². The summed E-state index contributed by atoms with van der Waals surface area (Å²) in [5.41, 5.74) is 1.29. The molecule has 0 bridgehead atoms. The fraction of sp³-hybridized carbons (Fsp3) is 0.400. The first-order chi connectivity index (χ1) is 5.84. The smallest absolute Gasteiger partial charge is 0.0339 e. The standard InChI is InChI=1S/C8H11NS.C2H6/c1-3-10-8-4-5-9-6-7(8)2;1-2/h3-4,6,9H,1,5H2,2H3;1-2H3. The molecule has 2 heteroatoms. The van der Waals surface area contributed by atoms with Crippen molar-refractivity contribution in [2.24, 2.45) is 0 Å². The average Bonchev–Trinajstić information content (AvgIpc) is 2.13. The van der Waals surface area contributed by atoms with Gasteiger partial charge in [-0.3, -0.25) is 0 Å². The van der Waals surface area contributed by atoms with Crippen LogP contribution in [0.4, 0.5) is 0 Å². The van der Waals surface area contributed by atoms with Crippen molar-refractivity contribution >= 4 is 11.8 Å². The molecular formula is C10H17NS. The lowest BCUT2D eigenvalue weighted by Gasteiger charge is -2.10. The first-order valence-corrected chi connectivity index (χ1v) is 5.11. The molecule has 0 aliphatic carbocycles. The Morgan fingerprint density at radius 2 is 2.25 bits per heavy atom. The summed E-state index contributed by atoms with van der Waals surface area (Å²) in [6, 6.07) is 0. The van der Waals surface area contributed by atoms with Crippen molar-refractivity contribution in [1.29, 1.82) is 0 Å². The second-order valence-electron chi connectivity index (χ2n) is 2.09. The molecule has 0 amide bonds. The van der Waals surface area contributed by atoms with Crippen molar-refractivity contribution in [3.05, 3.63) is 34.7 Å². The maximum absolute atomic E-state index is 3.66. The van der Waals surface area contributed by atoms with Gasteiger partial charge in [0.15, 0.2) is 0 Å². The van der Waals surface area contributed by atoms with Crippen molar-refractivity contribution in [3.8, 4) is 0 Å². The van der Waals surface area contributed by atoms with Crippen LogP contribution in [0.3, 0.4) is 0 Å². The molecule has 1 heterocycles. The Morgan fingerprint density at radius 1 is 1.58 bits per heavy atom. The molecule has 12 heavy (non-hydrogen) atoms. The molecule has 0 aromatic carbocycles. The van der Waals surface area contributed by atoms with Crippen molar-refractivity contribution in [2.45, 2.75) is 20.8 Å². The molecule has 1 rings (SSSR count). The van der Waals surface area contributed by atoms with E-state index in [9.17, 15) is 0 Å². The van der Waals surface area contributed by atoms with E-state index >= 15 is 0 Å². The predicted octanol–water partition coefficient (Wildman–Crippen LogP) is 3.28. The molecule has 0 radical (unpaired) electrons. The van der Waals surface area contributed by atoms with Crippen molar-refractivity contribution in [3.63, 3.8) is 0 Å². The van der Waals surface area contributed by atoms with E-state index < -0.39 is 0 Å². The molecule has 1 aliphatic heterocycles. The zero-order valence-corrected chi connectivity index (χ0v) is 8.87. The lowest BCUT2D eigenvalue weighted by Crippen LogP contribution is -2.10. The molecule has 1 aliphatic rings. The van der Waals surface area contributed by atoms with E-state index in [4.69, 9.17) is 0 Å². The van der Waals surface area contributed by atoms with Crippen molar-refractivity contribution < 1.29 is 0 Å². The largest absolute Gasteiger partial charge is 0.387 e. The second kappa shape index (κ2) is 7.04. The van der Waals surface area contributed by atoms with Crippen LogP contribution in [0.2, 0.25) is 0 Å². The molecule has 1 nitrogen and oxygen atoms in total. The Labute approximate surface area is 79.6 Å². The fourth-order valence-electron chi connectivity index (χ4n) is 0.827. The number of hydrogen-bond acceptors (Lipinski definition) is 2. The van der Waals surface area contributed by atoms with Crippen LogP contribution >= 0.6 is 11.8 Å². The predicted molar refractivity (Wildman–Crippen MR) is 59.0 cm³/mol. The number of allylic oxidation sites excluding steroid dienone is 1. The Kier molecular flexibility index (Phi) is 6.67. The summed E-state index contributed by atoms with van der Waals surface area (Å²) in [6.07, 6.45) is 4.20. The Balaban J connectivity index is 0.000000561. The summed E-state index contributed by atoms with van der Waals surface area (Å²) in [5, 5.41) is 4.99. The number of dihydropyridines is 1.